The van der Waals surface area contributed by atoms with Crippen LogP contribution < -0.4 is 14.9 Å². The summed E-state index contributed by atoms with van der Waals surface area (Å²) in [7, 11) is 0. The smallest absolute Gasteiger partial charge is 0.338 e. The van der Waals surface area contributed by atoms with Crippen LogP contribution in [-0.4, -0.2) is 37.9 Å². The summed E-state index contributed by atoms with van der Waals surface area (Å²) in [5.74, 6) is 1.32. The van der Waals surface area contributed by atoms with Crippen molar-refractivity contribution in [3.8, 4) is 22.8 Å². The minimum absolute atomic E-state index is 0.211. The van der Waals surface area contributed by atoms with E-state index in [9.17, 15) is 9.59 Å². The van der Waals surface area contributed by atoms with Crippen molar-refractivity contribution in [2.75, 3.05) is 19.8 Å². The first-order chi connectivity index (χ1) is 15.6. The molecule has 8 heteroatoms. The van der Waals surface area contributed by atoms with Crippen molar-refractivity contribution in [1.82, 2.24) is 5.43 Å². The van der Waals surface area contributed by atoms with Crippen molar-refractivity contribution in [1.29, 1.82) is 0 Å². The van der Waals surface area contributed by atoms with Crippen LogP contribution in [0.5, 0.6) is 11.5 Å². The van der Waals surface area contributed by atoms with E-state index in [1.54, 1.807) is 61.5 Å². The van der Waals surface area contributed by atoms with Gasteiger partial charge in [-0.25, -0.2) is 10.2 Å². The van der Waals surface area contributed by atoms with E-state index in [0.717, 1.165) is 5.56 Å². The van der Waals surface area contributed by atoms with E-state index in [4.69, 9.17) is 18.6 Å². The Morgan fingerprint density at radius 2 is 1.66 bits per heavy atom. The van der Waals surface area contributed by atoms with Crippen LogP contribution in [-0.2, 0) is 9.53 Å². The number of hydrogen-bond donors (Lipinski definition) is 1. The molecule has 0 aliphatic heterocycles. The summed E-state index contributed by atoms with van der Waals surface area (Å²) in [6.45, 7) is 4.24. The van der Waals surface area contributed by atoms with Gasteiger partial charge in [-0.05, 0) is 50.2 Å². The number of esters is 1. The Hall–Kier alpha value is -4.07. The second kappa shape index (κ2) is 11.4. The number of nitrogens with one attached hydrogen (secondary N) is 1. The molecule has 1 heterocycles. The van der Waals surface area contributed by atoms with Crippen molar-refractivity contribution >= 4 is 18.1 Å². The second-order valence-corrected chi connectivity index (χ2v) is 6.46. The fraction of sp³-hybridized carbons (Fsp3) is 0.208. The highest BCUT2D eigenvalue weighted by Crippen LogP contribution is 2.26. The molecule has 32 heavy (non-hydrogen) atoms. The van der Waals surface area contributed by atoms with Gasteiger partial charge < -0.3 is 18.6 Å². The number of carbonyl (C=O) groups excluding carboxylic acids is 2. The van der Waals surface area contributed by atoms with Gasteiger partial charge in [-0.15, -0.1) is 0 Å². The van der Waals surface area contributed by atoms with Crippen molar-refractivity contribution in [3.05, 3.63) is 72.0 Å². The molecule has 1 amide bonds. The van der Waals surface area contributed by atoms with Crippen LogP contribution >= 0.6 is 0 Å². The maximum absolute atomic E-state index is 12.0. The van der Waals surface area contributed by atoms with Crippen LogP contribution in [0.1, 0.15) is 30.0 Å². The minimum atomic E-state index is -0.422. The zero-order valence-corrected chi connectivity index (χ0v) is 17.9. The number of benzene rings is 2. The first-order valence-electron chi connectivity index (χ1n) is 10.1. The molecule has 0 saturated carbocycles. The maximum atomic E-state index is 12.0. The Morgan fingerprint density at radius 1 is 0.938 bits per heavy atom. The van der Waals surface area contributed by atoms with E-state index < -0.39 is 5.91 Å². The van der Waals surface area contributed by atoms with Crippen LogP contribution in [0.4, 0.5) is 0 Å². The van der Waals surface area contributed by atoms with E-state index in [0.29, 0.717) is 41.8 Å². The van der Waals surface area contributed by atoms with Crippen molar-refractivity contribution < 1.29 is 28.2 Å². The Labute approximate surface area is 185 Å². The molecule has 1 N–H and O–H groups in total. The molecule has 166 valence electrons. The first-order valence-corrected chi connectivity index (χ1v) is 10.1. The molecule has 1 aromatic heterocycles. The van der Waals surface area contributed by atoms with Gasteiger partial charge in [0.2, 0.25) is 0 Å². The van der Waals surface area contributed by atoms with Gasteiger partial charge in [0.1, 0.15) is 11.5 Å². The standard InChI is InChI=1S/C24H24N2O6/c1-3-29-21-7-5-6-8-22(21)31-16-23(27)26-25-15-19-13-14-20(32-19)17-9-11-18(12-10-17)24(28)30-4-2/h5-15H,3-4,16H2,1-2H3,(H,26,27). The topological polar surface area (TPSA) is 99.4 Å². The van der Waals surface area contributed by atoms with Crippen molar-refractivity contribution in [3.63, 3.8) is 0 Å². The number of ether oxygens (including phenoxy) is 3. The normalized spacial score (nSPS) is 10.7. The third-order valence-corrected chi connectivity index (χ3v) is 4.20. The van der Waals surface area contributed by atoms with E-state index >= 15 is 0 Å². The van der Waals surface area contributed by atoms with Crippen LogP contribution in [0.2, 0.25) is 0 Å². The summed E-state index contributed by atoms with van der Waals surface area (Å²) in [6, 6.07) is 17.5. The van der Waals surface area contributed by atoms with Crippen LogP contribution in [0.15, 0.2) is 70.2 Å². The molecular weight excluding hydrogens is 412 g/mol. The monoisotopic (exact) mass is 436 g/mol. The number of carbonyl (C=O) groups is 2. The SMILES string of the molecule is CCOC(=O)c1ccc(-c2ccc(C=NNC(=O)COc3ccccc3OCC)o2)cc1. The molecule has 0 atom stereocenters. The molecule has 0 radical (unpaired) electrons. The highest BCUT2D eigenvalue weighted by atomic mass is 16.5. The van der Waals surface area contributed by atoms with Crippen LogP contribution in [0, 0.1) is 0 Å². The first kappa shape index (κ1) is 22.6. The number of hydrazone groups is 1. The fourth-order valence-electron chi connectivity index (χ4n) is 2.75. The lowest BCUT2D eigenvalue weighted by Crippen LogP contribution is -2.24. The van der Waals surface area contributed by atoms with Gasteiger partial charge in [0, 0.05) is 5.56 Å². The molecule has 0 unspecified atom stereocenters. The van der Waals surface area contributed by atoms with E-state index in [2.05, 4.69) is 10.5 Å². The molecule has 3 rings (SSSR count). The summed E-state index contributed by atoms with van der Waals surface area (Å²) in [4.78, 5) is 23.7. The summed E-state index contributed by atoms with van der Waals surface area (Å²) in [5.41, 5.74) is 3.65. The number of amides is 1. The van der Waals surface area contributed by atoms with Crippen LogP contribution in [0.25, 0.3) is 11.3 Å². The average Bonchev–Trinajstić information content (AvgIpc) is 3.28. The molecular formula is C24H24N2O6. The van der Waals surface area contributed by atoms with Crippen molar-refractivity contribution in [2.24, 2.45) is 5.10 Å². The highest BCUT2D eigenvalue weighted by molar-refractivity contribution is 5.90. The second-order valence-electron chi connectivity index (χ2n) is 6.46. The third-order valence-electron chi connectivity index (χ3n) is 4.20. The lowest BCUT2D eigenvalue weighted by molar-refractivity contribution is -0.123. The van der Waals surface area contributed by atoms with Crippen molar-refractivity contribution in [2.45, 2.75) is 13.8 Å². The minimum Gasteiger partial charge on any atom is -0.490 e. The number of furan rings is 1. The highest BCUT2D eigenvalue weighted by Gasteiger charge is 2.09. The van der Waals surface area contributed by atoms with E-state index in [1.165, 1.54) is 6.21 Å². The van der Waals surface area contributed by atoms with Gasteiger partial charge in [-0.1, -0.05) is 24.3 Å². The maximum Gasteiger partial charge on any atom is 0.338 e. The molecule has 3 aromatic rings. The van der Waals surface area contributed by atoms with Gasteiger partial charge in [0.25, 0.3) is 5.91 Å². The summed E-state index contributed by atoms with van der Waals surface area (Å²) >= 11 is 0. The molecule has 0 aliphatic rings. The van der Waals surface area contributed by atoms with Gasteiger partial charge in [-0.3, -0.25) is 4.79 Å². The van der Waals surface area contributed by atoms with Crippen LogP contribution in [0.3, 0.4) is 0 Å². The molecule has 0 bridgehead atoms. The molecule has 2 aromatic carbocycles. The number of nitrogens with zero attached hydrogens (tertiary/aromatic N) is 1. The summed E-state index contributed by atoms with van der Waals surface area (Å²) in [5, 5.41) is 3.89. The largest absolute Gasteiger partial charge is 0.490 e. The fourth-order valence-corrected chi connectivity index (χ4v) is 2.75. The van der Waals surface area contributed by atoms with Gasteiger partial charge in [-0.2, -0.15) is 5.10 Å². The number of hydrogen-bond acceptors (Lipinski definition) is 7. The van der Waals surface area contributed by atoms with E-state index in [-0.39, 0.29) is 12.6 Å². The van der Waals surface area contributed by atoms with Gasteiger partial charge >= 0.3 is 5.97 Å². The van der Waals surface area contributed by atoms with Gasteiger partial charge in [0.05, 0.1) is 25.0 Å². The predicted molar refractivity (Wildman–Crippen MR) is 119 cm³/mol. The zero-order valence-electron chi connectivity index (χ0n) is 17.9. The molecule has 0 saturated heterocycles. The number of rotatable bonds is 10. The van der Waals surface area contributed by atoms with Gasteiger partial charge in [0.15, 0.2) is 18.1 Å². The summed E-state index contributed by atoms with van der Waals surface area (Å²) in [6.07, 6.45) is 1.39. The molecule has 0 spiro atoms. The quantitative estimate of drug-likeness (QED) is 0.292. The number of para-hydroxylation sites is 2. The molecule has 0 fully saturated rings. The third kappa shape index (κ3) is 6.21. The molecule has 8 nitrogen and oxygen atoms in total. The average molecular weight is 436 g/mol. The lowest BCUT2D eigenvalue weighted by atomic mass is 10.1. The molecule has 0 aliphatic carbocycles. The predicted octanol–water partition coefficient (Wildman–Crippen LogP) is 4.05. The lowest BCUT2D eigenvalue weighted by Gasteiger charge is -2.10. The van der Waals surface area contributed by atoms with E-state index in [1.807, 2.05) is 13.0 Å². The summed E-state index contributed by atoms with van der Waals surface area (Å²) < 4.78 is 21.6. The Morgan fingerprint density at radius 3 is 2.34 bits per heavy atom. The Kier molecular flexibility index (Phi) is 8.02. The Balaban J connectivity index is 1.51. The Bertz CT molecular complexity index is 1070. The zero-order chi connectivity index (χ0) is 22.8.